The van der Waals surface area contributed by atoms with Crippen LogP contribution in [0.3, 0.4) is 0 Å². The second kappa shape index (κ2) is 16.9. The van der Waals surface area contributed by atoms with E-state index in [0.29, 0.717) is 0 Å². The van der Waals surface area contributed by atoms with Gasteiger partial charge in [0.15, 0.2) is 0 Å². The molecule has 4 nitrogen and oxygen atoms in total. The first-order valence-corrected chi connectivity index (χ1v) is 11.3. The van der Waals surface area contributed by atoms with Crippen molar-refractivity contribution in [3.63, 3.8) is 0 Å². The predicted octanol–water partition coefficient (Wildman–Crippen LogP) is 6.55. The summed E-state index contributed by atoms with van der Waals surface area (Å²) in [6, 6.07) is 22.0. The van der Waals surface area contributed by atoms with Gasteiger partial charge >= 0.3 is 12.3 Å². The summed E-state index contributed by atoms with van der Waals surface area (Å²) in [5, 5.41) is 0. The first-order chi connectivity index (χ1) is 15.2. The fourth-order valence-corrected chi connectivity index (χ4v) is 4.67. The molecule has 4 heteroatoms. The van der Waals surface area contributed by atoms with Gasteiger partial charge in [-0.2, -0.15) is 19.2 Å². The van der Waals surface area contributed by atoms with Gasteiger partial charge in [-0.1, -0.05) is 106 Å². The highest BCUT2D eigenvalue weighted by Gasteiger charge is 2.22. The number of hydrogen-bond donors (Lipinski definition) is 0. The summed E-state index contributed by atoms with van der Waals surface area (Å²) in [7, 11) is 0. The summed E-state index contributed by atoms with van der Waals surface area (Å²) in [6.07, 6.45) is 13.3. The van der Waals surface area contributed by atoms with Crippen LogP contribution in [0.15, 0.2) is 60.7 Å². The lowest BCUT2D eigenvalue weighted by Gasteiger charge is -2.29. The summed E-state index contributed by atoms with van der Waals surface area (Å²) in [6.45, 7) is 2.40. The van der Waals surface area contributed by atoms with Crippen molar-refractivity contribution in [3.05, 3.63) is 71.8 Å². The highest BCUT2D eigenvalue weighted by atomic mass is 16.2. The van der Waals surface area contributed by atoms with Crippen LogP contribution in [-0.2, 0) is 19.2 Å². The van der Waals surface area contributed by atoms with Crippen molar-refractivity contribution >= 4 is 12.3 Å². The Labute approximate surface area is 186 Å². The summed E-state index contributed by atoms with van der Waals surface area (Å²) in [5.74, 6) is 2.58. The molecule has 0 amide bonds. The molecule has 2 fully saturated rings. The van der Waals surface area contributed by atoms with Gasteiger partial charge in [0.2, 0.25) is 0 Å². The van der Waals surface area contributed by atoms with Crippen LogP contribution in [0.5, 0.6) is 0 Å². The minimum Gasteiger partial charge on any atom is -0.186 e. The molecule has 2 aliphatic rings. The molecule has 2 aliphatic carbocycles. The molecule has 31 heavy (non-hydrogen) atoms. The molecule has 0 aliphatic heterocycles. The van der Waals surface area contributed by atoms with Crippen molar-refractivity contribution in [1.29, 1.82) is 0 Å². The maximum atomic E-state index is 8.12. The van der Waals surface area contributed by atoms with Crippen LogP contribution in [0, 0.1) is 5.92 Å². The summed E-state index contributed by atoms with van der Waals surface area (Å²) in [4.78, 5) is 32.5. The molecule has 0 bridgehead atoms. The van der Waals surface area contributed by atoms with Gasteiger partial charge in [-0.15, -0.1) is 0 Å². The normalized spacial score (nSPS) is 20.0. The molecule has 166 valence electrons. The van der Waals surface area contributed by atoms with E-state index in [1.807, 2.05) is 0 Å². The molecule has 0 saturated heterocycles. The van der Waals surface area contributed by atoms with E-state index in [1.54, 1.807) is 11.1 Å². The zero-order valence-electron chi connectivity index (χ0n) is 18.5. The van der Waals surface area contributed by atoms with E-state index in [2.05, 4.69) is 67.6 Å². The van der Waals surface area contributed by atoms with Crippen LogP contribution in [0.2, 0.25) is 0 Å². The van der Waals surface area contributed by atoms with Gasteiger partial charge < -0.3 is 0 Å². The van der Waals surface area contributed by atoms with Crippen molar-refractivity contribution in [1.82, 2.24) is 0 Å². The van der Waals surface area contributed by atoms with Gasteiger partial charge in [0, 0.05) is 0 Å². The predicted molar refractivity (Wildman–Crippen MR) is 119 cm³/mol. The van der Waals surface area contributed by atoms with E-state index < -0.39 is 0 Å². The summed E-state index contributed by atoms with van der Waals surface area (Å²) in [5.41, 5.74) is 3.10. The van der Waals surface area contributed by atoms with E-state index in [4.69, 9.17) is 19.2 Å². The van der Waals surface area contributed by atoms with E-state index in [-0.39, 0.29) is 12.3 Å². The van der Waals surface area contributed by atoms with E-state index in [1.165, 1.54) is 57.8 Å². The smallest absolute Gasteiger partial charge is 0.186 e. The standard InChI is InChI=1S/C13H18.C12H16.2CO2/c1-11-7-5-6-10-13(11)12-8-3-2-4-9-12;1-3-7-11(8-4-1)12-9-5-2-6-10-12;2*2-1-3/h2-4,8-9,11,13H,5-7,10H2,1H3;1,3-4,7-8,12H,2,5-6,9-10H2;;/t11-,13-;;;/m0.../s1. The van der Waals surface area contributed by atoms with Crippen LogP contribution in [0.4, 0.5) is 0 Å². The maximum Gasteiger partial charge on any atom is 0.373 e. The SMILES string of the molecule is C[C@H]1CCCC[C@@H]1c1ccccc1.O=C=O.O=C=O.c1ccc(C2CCCCC2)cc1. The topological polar surface area (TPSA) is 68.3 Å². The third-order valence-electron chi connectivity index (χ3n) is 6.22. The Morgan fingerprint density at radius 1 is 0.581 bits per heavy atom. The number of hydrogen-bond acceptors (Lipinski definition) is 4. The van der Waals surface area contributed by atoms with Crippen LogP contribution < -0.4 is 0 Å². The highest BCUT2D eigenvalue weighted by Crippen LogP contribution is 2.37. The average molecular weight is 423 g/mol. The minimum atomic E-state index is 0.250. The quantitative estimate of drug-likeness (QED) is 0.550. The van der Waals surface area contributed by atoms with E-state index >= 15 is 0 Å². The lowest BCUT2D eigenvalue weighted by molar-refractivity contribution is -0.193. The Kier molecular flexibility index (Phi) is 14.3. The van der Waals surface area contributed by atoms with Crippen LogP contribution in [0.1, 0.15) is 87.7 Å². The maximum absolute atomic E-state index is 8.12. The lowest BCUT2D eigenvalue weighted by Crippen LogP contribution is -2.14. The minimum absolute atomic E-state index is 0.250. The van der Waals surface area contributed by atoms with Gasteiger partial charge in [0.05, 0.1) is 0 Å². The van der Waals surface area contributed by atoms with Gasteiger partial charge in [-0.25, -0.2) is 0 Å². The zero-order chi connectivity index (χ0) is 22.7. The number of rotatable bonds is 2. The molecule has 0 radical (unpaired) electrons. The third kappa shape index (κ3) is 10.7. The molecule has 0 spiro atoms. The Bertz CT molecular complexity index is 742. The van der Waals surface area contributed by atoms with Gasteiger partial charge in [0.1, 0.15) is 0 Å². The molecular formula is C27H34O4. The molecule has 2 atom stereocenters. The monoisotopic (exact) mass is 422 g/mol. The molecule has 2 aromatic carbocycles. The first-order valence-electron chi connectivity index (χ1n) is 11.3. The Morgan fingerprint density at radius 3 is 1.48 bits per heavy atom. The molecule has 0 unspecified atom stereocenters. The molecular weight excluding hydrogens is 388 g/mol. The largest absolute Gasteiger partial charge is 0.373 e. The average Bonchev–Trinajstić information content (AvgIpc) is 2.83. The fourth-order valence-electron chi connectivity index (χ4n) is 4.67. The van der Waals surface area contributed by atoms with Crippen molar-refractivity contribution in [2.75, 3.05) is 0 Å². The van der Waals surface area contributed by atoms with Gasteiger partial charge in [0.25, 0.3) is 0 Å². The number of carbonyl (C=O) groups excluding carboxylic acids is 4. The third-order valence-corrected chi connectivity index (χ3v) is 6.22. The second-order valence-electron chi connectivity index (χ2n) is 8.19. The molecule has 4 rings (SSSR count). The molecule has 2 saturated carbocycles. The van der Waals surface area contributed by atoms with Crippen molar-refractivity contribution in [2.45, 2.75) is 76.5 Å². The second-order valence-corrected chi connectivity index (χ2v) is 8.19. The highest BCUT2D eigenvalue weighted by molar-refractivity contribution is 5.21. The molecule has 0 aromatic heterocycles. The first kappa shape index (κ1) is 26.2. The van der Waals surface area contributed by atoms with Crippen molar-refractivity contribution in [2.24, 2.45) is 5.92 Å². The Hall–Kier alpha value is -2.80. The Balaban J connectivity index is 0.000000249. The summed E-state index contributed by atoms with van der Waals surface area (Å²) >= 11 is 0. The Morgan fingerprint density at radius 2 is 1.00 bits per heavy atom. The summed E-state index contributed by atoms with van der Waals surface area (Å²) < 4.78 is 0. The fraction of sp³-hybridized carbons (Fsp3) is 0.481. The van der Waals surface area contributed by atoms with Crippen LogP contribution in [0.25, 0.3) is 0 Å². The van der Waals surface area contributed by atoms with Crippen LogP contribution >= 0.6 is 0 Å². The van der Waals surface area contributed by atoms with Crippen LogP contribution in [-0.4, -0.2) is 12.3 Å². The van der Waals surface area contributed by atoms with E-state index in [9.17, 15) is 0 Å². The molecule has 2 aromatic rings. The molecule has 0 N–H and O–H groups in total. The number of benzene rings is 2. The lowest BCUT2D eigenvalue weighted by atomic mass is 9.76. The van der Waals surface area contributed by atoms with Crippen molar-refractivity contribution in [3.8, 4) is 0 Å². The van der Waals surface area contributed by atoms with E-state index in [0.717, 1.165) is 17.8 Å². The van der Waals surface area contributed by atoms with Gasteiger partial charge in [-0.05, 0) is 48.1 Å². The van der Waals surface area contributed by atoms with Crippen molar-refractivity contribution < 1.29 is 19.2 Å². The van der Waals surface area contributed by atoms with Gasteiger partial charge in [-0.3, -0.25) is 0 Å². The molecule has 0 heterocycles. The zero-order valence-corrected chi connectivity index (χ0v) is 18.5.